The number of hydrogen-bond donors (Lipinski definition) is 2. The van der Waals surface area contributed by atoms with Crippen LogP contribution in [0, 0.1) is 13.8 Å². The van der Waals surface area contributed by atoms with Crippen molar-refractivity contribution in [3.8, 4) is 11.3 Å². The quantitative estimate of drug-likeness (QED) is 0.720. The molecule has 2 heterocycles. The predicted molar refractivity (Wildman–Crippen MR) is 73.4 cm³/mol. The van der Waals surface area contributed by atoms with E-state index < -0.39 is 0 Å². The smallest absolute Gasteiger partial charge is 0.134 e. The fourth-order valence-corrected chi connectivity index (χ4v) is 2.31. The number of nitrogens with two attached hydrogens (primary N) is 1. The molecule has 0 atom stereocenters. The van der Waals surface area contributed by atoms with E-state index in [-0.39, 0.29) is 0 Å². The maximum absolute atomic E-state index is 5.70. The van der Waals surface area contributed by atoms with Gasteiger partial charge in [0.2, 0.25) is 0 Å². The van der Waals surface area contributed by atoms with Gasteiger partial charge in [0.25, 0.3) is 0 Å². The number of rotatable bonds is 2. The van der Waals surface area contributed by atoms with Crippen LogP contribution in [0.25, 0.3) is 22.2 Å². The van der Waals surface area contributed by atoms with Crippen molar-refractivity contribution in [3.63, 3.8) is 0 Å². The highest BCUT2D eigenvalue weighted by Crippen LogP contribution is 2.27. The normalized spacial score (nSPS) is 11.3. The van der Waals surface area contributed by atoms with Crippen LogP contribution in [-0.4, -0.2) is 4.98 Å². The summed E-state index contributed by atoms with van der Waals surface area (Å²) in [6.07, 6.45) is 0. The third kappa shape index (κ3) is 1.73. The Hall–Kier alpha value is -2.00. The molecule has 0 bridgehead atoms. The Balaban J connectivity index is 2.12. The van der Waals surface area contributed by atoms with Gasteiger partial charge in [0.1, 0.15) is 11.3 Å². The second-order valence-electron chi connectivity index (χ2n) is 4.65. The van der Waals surface area contributed by atoms with Crippen molar-refractivity contribution < 1.29 is 4.42 Å². The van der Waals surface area contributed by atoms with Crippen molar-refractivity contribution in [2.75, 3.05) is 0 Å². The highest BCUT2D eigenvalue weighted by molar-refractivity contribution is 5.83. The van der Waals surface area contributed by atoms with Gasteiger partial charge in [0.15, 0.2) is 0 Å². The maximum Gasteiger partial charge on any atom is 0.134 e. The van der Waals surface area contributed by atoms with E-state index in [2.05, 4.69) is 29.2 Å². The Morgan fingerprint density at radius 3 is 2.72 bits per heavy atom. The summed E-state index contributed by atoms with van der Waals surface area (Å²) in [5.41, 5.74) is 11.2. The molecule has 3 rings (SSSR count). The van der Waals surface area contributed by atoms with Crippen molar-refractivity contribution >= 4 is 11.0 Å². The summed E-state index contributed by atoms with van der Waals surface area (Å²) in [5, 5.41) is 1.13. The Kier molecular flexibility index (Phi) is 2.49. The summed E-state index contributed by atoms with van der Waals surface area (Å²) in [7, 11) is 0. The number of furan rings is 1. The average Bonchev–Trinajstić information content (AvgIpc) is 2.89. The van der Waals surface area contributed by atoms with Gasteiger partial charge in [0.05, 0.1) is 0 Å². The third-order valence-electron chi connectivity index (χ3n) is 3.29. The van der Waals surface area contributed by atoms with Gasteiger partial charge in [-0.1, -0.05) is 0 Å². The highest BCUT2D eigenvalue weighted by Gasteiger charge is 2.07. The molecule has 0 saturated carbocycles. The second kappa shape index (κ2) is 4.03. The Morgan fingerprint density at radius 2 is 2.00 bits per heavy atom. The van der Waals surface area contributed by atoms with Crippen LogP contribution in [0.5, 0.6) is 0 Å². The van der Waals surface area contributed by atoms with Crippen molar-refractivity contribution in [1.29, 1.82) is 0 Å². The Labute approximate surface area is 106 Å². The first-order chi connectivity index (χ1) is 8.67. The minimum Gasteiger partial charge on any atom is -0.461 e. The zero-order chi connectivity index (χ0) is 12.7. The van der Waals surface area contributed by atoms with E-state index in [9.17, 15) is 0 Å². The first-order valence-electron chi connectivity index (χ1n) is 6.06. The summed E-state index contributed by atoms with van der Waals surface area (Å²) in [4.78, 5) is 3.37. The van der Waals surface area contributed by atoms with Crippen LogP contribution in [0.15, 0.2) is 34.7 Å². The topological polar surface area (TPSA) is 55.0 Å². The molecule has 0 unspecified atom stereocenters. The lowest BCUT2D eigenvalue weighted by molar-refractivity contribution is 0.578. The molecule has 92 valence electrons. The largest absolute Gasteiger partial charge is 0.461 e. The summed E-state index contributed by atoms with van der Waals surface area (Å²) >= 11 is 0. The molecular formula is C15H16N2O. The first kappa shape index (κ1) is 11.1. The molecular weight excluding hydrogens is 224 g/mol. The molecule has 2 aromatic heterocycles. The van der Waals surface area contributed by atoms with Crippen LogP contribution >= 0.6 is 0 Å². The van der Waals surface area contributed by atoms with Crippen molar-refractivity contribution in [2.45, 2.75) is 20.4 Å². The van der Waals surface area contributed by atoms with Gasteiger partial charge in [-0.05, 0) is 55.3 Å². The predicted octanol–water partition coefficient (Wildman–Crippen LogP) is 3.50. The SMILES string of the molecule is Cc1cc2cc(-c3cc(CN)c(C)[nH]3)ccc2o1. The summed E-state index contributed by atoms with van der Waals surface area (Å²) < 4.78 is 5.58. The monoisotopic (exact) mass is 240 g/mol. The lowest BCUT2D eigenvalue weighted by Crippen LogP contribution is -1.95. The summed E-state index contributed by atoms with van der Waals surface area (Å²) in [5.74, 6) is 0.937. The average molecular weight is 240 g/mol. The van der Waals surface area contributed by atoms with E-state index in [4.69, 9.17) is 10.2 Å². The van der Waals surface area contributed by atoms with Crippen molar-refractivity contribution in [2.24, 2.45) is 5.73 Å². The molecule has 0 spiro atoms. The zero-order valence-electron chi connectivity index (χ0n) is 10.6. The summed E-state index contributed by atoms with van der Waals surface area (Å²) in [6.45, 7) is 4.58. The Morgan fingerprint density at radius 1 is 1.17 bits per heavy atom. The van der Waals surface area contributed by atoms with Crippen LogP contribution in [0.2, 0.25) is 0 Å². The van der Waals surface area contributed by atoms with Gasteiger partial charge in [-0.2, -0.15) is 0 Å². The lowest BCUT2D eigenvalue weighted by atomic mass is 10.1. The van der Waals surface area contributed by atoms with Gasteiger partial charge < -0.3 is 15.1 Å². The maximum atomic E-state index is 5.70. The van der Waals surface area contributed by atoms with Gasteiger partial charge in [0, 0.05) is 23.3 Å². The van der Waals surface area contributed by atoms with Gasteiger partial charge in [-0.25, -0.2) is 0 Å². The molecule has 0 radical (unpaired) electrons. The third-order valence-corrected chi connectivity index (χ3v) is 3.29. The molecule has 0 fully saturated rings. The van der Waals surface area contributed by atoms with E-state index in [1.54, 1.807) is 0 Å². The van der Waals surface area contributed by atoms with E-state index in [1.807, 2.05) is 19.9 Å². The van der Waals surface area contributed by atoms with Gasteiger partial charge >= 0.3 is 0 Å². The number of aromatic amines is 1. The number of aryl methyl sites for hydroxylation is 2. The molecule has 0 aliphatic rings. The molecule has 0 aliphatic carbocycles. The molecule has 3 heteroatoms. The van der Waals surface area contributed by atoms with E-state index in [0.29, 0.717) is 6.54 Å². The standard InChI is InChI=1S/C15H16N2O/c1-9-5-12-6-11(3-4-15(12)18-9)14-7-13(8-16)10(2)17-14/h3-7,17H,8,16H2,1-2H3. The number of H-pyrrole nitrogens is 1. The number of aromatic nitrogens is 1. The summed E-state index contributed by atoms with van der Waals surface area (Å²) in [6, 6.07) is 10.4. The number of nitrogens with one attached hydrogen (secondary N) is 1. The molecule has 3 N–H and O–H groups in total. The van der Waals surface area contributed by atoms with Crippen LogP contribution in [0.3, 0.4) is 0 Å². The van der Waals surface area contributed by atoms with E-state index in [0.717, 1.165) is 39.2 Å². The number of benzene rings is 1. The fraction of sp³-hybridized carbons (Fsp3) is 0.200. The number of hydrogen-bond acceptors (Lipinski definition) is 2. The molecule has 0 aliphatic heterocycles. The van der Waals surface area contributed by atoms with Crippen molar-refractivity contribution in [1.82, 2.24) is 4.98 Å². The van der Waals surface area contributed by atoms with Crippen LogP contribution in [-0.2, 0) is 6.54 Å². The van der Waals surface area contributed by atoms with Crippen LogP contribution in [0.1, 0.15) is 17.0 Å². The molecule has 18 heavy (non-hydrogen) atoms. The molecule has 3 nitrogen and oxygen atoms in total. The van der Waals surface area contributed by atoms with Crippen LogP contribution in [0.4, 0.5) is 0 Å². The lowest BCUT2D eigenvalue weighted by Gasteiger charge is -1.97. The number of fused-ring (bicyclic) bond motifs is 1. The minimum absolute atomic E-state index is 0.565. The Bertz CT molecular complexity index is 706. The van der Waals surface area contributed by atoms with Crippen molar-refractivity contribution in [3.05, 3.63) is 47.3 Å². The molecule has 0 saturated heterocycles. The molecule has 1 aromatic carbocycles. The second-order valence-corrected chi connectivity index (χ2v) is 4.65. The van der Waals surface area contributed by atoms with Crippen LogP contribution < -0.4 is 5.73 Å². The van der Waals surface area contributed by atoms with Gasteiger partial charge in [-0.15, -0.1) is 0 Å². The first-order valence-corrected chi connectivity index (χ1v) is 6.06. The minimum atomic E-state index is 0.565. The molecule has 3 aromatic rings. The van der Waals surface area contributed by atoms with E-state index >= 15 is 0 Å². The zero-order valence-corrected chi connectivity index (χ0v) is 10.6. The fourth-order valence-electron chi connectivity index (χ4n) is 2.31. The van der Waals surface area contributed by atoms with Gasteiger partial charge in [-0.3, -0.25) is 0 Å². The highest BCUT2D eigenvalue weighted by atomic mass is 16.3. The van der Waals surface area contributed by atoms with E-state index in [1.165, 1.54) is 0 Å². The molecule has 0 amide bonds.